The number of fused-ring (bicyclic) bond motifs is 2. The fourth-order valence-electron chi connectivity index (χ4n) is 4.83. The standard InChI is InChI=1S/C31H30N6O3S/c1-18(2)19-3-5-20(6-4-19)21-7-9-22(10-8-21)25-16-40-30-29(36-25)31(39)37(17-35-30)15-28(38)34-14-24-11-23-13-33-27(32)12-26(23)41-24/h3-13,17-18,25,36H,14-16H2,1-2H3,(H2,32,33)(H,34,38)/t25-/m0/s1. The summed E-state index contributed by atoms with van der Waals surface area (Å²) in [7, 11) is 0. The molecule has 5 aromatic rings. The fourth-order valence-corrected chi connectivity index (χ4v) is 5.85. The monoisotopic (exact) mass is 566 g/mol. The third kappa shape index (κ3) is 5.64. The lowest BCUT2D eigenvalue weighted by Gasteiger charge is -2.27. The quantitative estimate of drug-likeness (QED) is 0.251. The lowest BCUT2D eigenvalue weighted by atomic mass is 9.97. The molecule has 4 N–H and O–H groups in total. The minimum absolute atomic E-state index is 0.158. The number of nitrogens with zero attached hydrogens (tertiary/aromatic N) is 3. The summed E-state index contributed by atoms with van der Waals surface area (Å²) in [4.78, 5) is 35.3. The molecule has 41 heavy (non-hydrogen) atoms. The molecule has 1 amide bonds. The molecule has 0 spiro atoms. The number of hydrogen-bond donors (Lipinski definition) is 3. The highest BCUT2D eigenvalue weighted by atomic mass is 32.1. The molecule has 3 aromatic heterocycles. The molecule has 0 bridgehead atoms. The average molecular weight is 567 g/mol. The summed E-state index contributed by atoms with van der Waals surface area (Å²) >= 11 is 1.54. The van der Waals surface area contributed by atoms with Crippen LogP contribution in [0, 0.1) is 0 Å². The Morgan fingerprint density at radius 1 is 1.12 bits per heavy atom. The zero-order chi connectivity index (χ0) is 28.5. The lowest BCUT2D eigenvalue weighted by molar-refractivity contribution is -0.121. The number of aromatic nitrogens is 3. The van der Waals surface area contributed by atoms with E-state index in [4.69, 9.17) is 10.5 Å². The van der Waals surface area contributed by atoms with E-state index in [1.807, 2.05) is 24.3 Å². The predicted molar refractivity (Wildman–Crippen MR) is 162 cm³/mol. The first-order valence-corrected chi connectivity index (χ1v) is 14.3. The van der Waals surface area contributed by atoms with Gasteiger partial charge in [-0.3, -0.25) is 14.2 Å². The minimum atomic E-state index is -0.361. The third-order valence-corrected chi connectivity index (χ3v) is 8.28. The van der Waals surface area contributed by atoms with Gasteiger partial charge in [-0.1, -0.05) is 62.4 Å². The van der Waals surface area contributed by atoms with Crippen molar-refractivity contribution in [1.82, 2.24) is 19.9 Å². The number of nitrogens with one attached hydrogen (secondary N) is 2. The van der Waals surface area contributed by atoms with Gasteiger partial charge < -0.3 is 21.1 Å². The number of amides is 1. The highest BCUT2D eigenvalue weighted by molar-refractivity contribution is 7.19. The van der Waals surface area contributed by atoms with E-state index < -0.39 is 0 Å². The molecule has 0 unspecified atom stereocenters. The van der Waals surface area contributed by atoms with E-state index in [2.05, 4.69) is 70.8 Å². The second-order valence-corrected chi connectivity index (χ2v) is 11.6. The van der Waals surface area contributed by atoms with Crippen molar-refractivity contribution in [1.29, 1.82) is 0 Å². The van der Waals surface area contributed by atoms with E-state index in [0.717, 1.165) is 31.7 Å². The van der Waals surface area contributed by atoms with Crippen molar-refractivity contribution < 1.29 is 9.53 Å². The summed E-state index contributed by atoms with van der Waals surface area (Å²) in [6, 6.07) is 20.4. The number of carbonyl (C=O) groups excluding carboxylic acids is 1. The Labute approximate surface area is 241 Å². The summed E-state index contributed by atoms with van der Waals surface area (Å²) in [6.07, 6.45) is 3.06. The van der Waals surface area contributed by atoms with Crippen LogP contribution in [-0.4, -0.2) is 27.0 Å². The smallest absolute Gasteiger partial charge is 0.281 e. The molecule has 208 valence electrons. The van der Waals surface area contributed by atoms with Gasteiger partial charge in [-0.2, -0.15) is 0 Å². The third-order valence-electron chi connectivity index (χ3n) is 7.18. The summed E-state index contributed by atoms with van der Waals surface area (Å²) in [5, 5.41) is 7.13. The SMILES string of the molecule is CC(C)c1ccc(-c2ccc([C@@H]3COc4ncn(CC(=O)NCc5cc6cnc(N)cc6s5)c(=O)c4N3)cc2)cc1. The number of carbonyl (C=O) groups is 1. The summed E-state index contributed by atoms with van der Waals surface area (Å²) < 4.78 is 8.12. The van der Waals surface area contributed by atoms with Gasteiger partial charge in [0, 0.05) is 21.2 Å². The van der Waals surface area contributed by atoms with Crippen molar-refractivity contribution in [3.63, 3.8) is 0 Å². The van der Waals surface area contributed by atoms with Gasteiger partial charge in [0.05, 0.1) is 12.6 Å². The molecule has 10 heteroatoms. The first kappa shape index (κ1) is 26.5. The average Bonchev–Trinajstić information content (AvgIpc) is 3.40. The van der Waals surface area contributed by atoms with Crippen LogP contribution in [0.15, 0.2) is 78.0 Å². The second-order valence-electron chi connectivity index (χ2n) is 10.4. The van der Waals surface area contributed by atoms with Crippen LogP contribution in [0.1, 0.15) is 41.8 Å². The van der Waals surface area contributed by atoms with E-state index in [-0.39, 0.29) is 35.6 Å². The van der Waals surface area contributed by atoms with Gasteiger partial charge in [-0.15, -0.1) is 11.3 Å². The Morgan fingerprint density at radius 3 is 2.59 bits per heavy atom. The summed E-state index contributed by atoms with van der Waals surface area (Å²) in [5.74, 6) is 0.890. The first-order valence-electron chi connectivity index (χ1n) is 13.4. The van der Waals surface area contributed by atoms with Crippen LogP contribution in [0.2, 0.25) is 0 Å². The van der Waals surface area contributed by atoms with E-state index >= 15 is 0 Å². The van der Waals surface area contributed by atoms with Gasteiger partial charge in [0.1, 0.15) is 25.3 Å². The molecule has 4 heterocycles. The normalized spacial score (nSPS) is 14.4. The number of thiophene rings is 1. The maximum atomic E-state index is 13.2. The van der Waals surface area contributed by atoms with Crippen LogP contribution in [0.5, 0.6) is 5.88 Å². The molecular weight excluding hydrogens is 536 g/mol. The Bertz CT molecular complexity index is 1780. The Hall–Kier alpha value is -4.70. The molecule has 1 aliphatic heterocycles. The Balaban J connectivity index is 1.11. The van der Waals surface area contributed by atoms with Crippen LogP contribution in [0.25, 0.3) is 21.2 Å². The highest BCUT2D eigenvalue weighted by Crippen LogP contribution is 2.31. The van der Waals surface area contributed by atoms with Crippen molar-refractivity contribution in [3.05, 3.63) is 99.5 Å². The largest absolute Gasteiger partial charge is 0.473 e. The molecule has 0 radical (unpaired) electrons. The number of pyridine rings is 1. The van der Waals surface area contributed by atoms with E-state index in [9.17, 15) is 9.59 Å². The zero-order valence-electron chi connectivity index (χ0n) is 22.8. The molecule has 1 aliphatic rings. The van der Waals surface area contributed by atoms with Crippen molar-refractivity contribution in [2.75, 3.05) is 17.7 Å². The van der Waals surface area contributed by atoms with Crippen molar-refractivity contribution in [3.8, 4) is 17.0 Å². The van der Waals surface area contributed by atoms with Gasteiger partial charge >= 0.3 is 0 Å². The number of ether oxygens (including phenoxy) is 1. The molecule has 0 fully saturated rings. The minimum Gasteiger partial charge on any atom is -0.473 e. The molecule has 2 aromatic carbocycles. The van der Waals surface area contributed by atoms with Crippen molar-refractivity contribution in [2.24, 2.45) is 0 Å². The number of rotatable bonds is 7. The van der Waals surface area contributed by atoms with Crippen LogP contribution in [-0.2, 0) is 17.9 Å². The number of nitrogen functional groups attached to an aromatic ring is 1. The van der Waals surface area contributed by atoms with Gasteiger partial charge in [-0.05, 0) is 40.3 Å². The maximum Gasteiger partial charge on any atom is 0.281 e. The lowest BCUT2D eigenvalue weighted by Crippen LogP contribution is -2.36. The molecule has 0 saturated heterocycles. The maximum absolute atomic E-state index is 13.2. The van der Waals surface area contributed by atoms with E-state index in [0.29, 0.717) is 24.9 Å². The van der Waals surface area contributed by atoms with E-state index in [1.165, 1.54) is 27.8 Å². The van der Waals surface area contributed by atoms with Crippen molar-refractivity contribution in [2.45, 2.75) is 38.9 Å². The van der Waals surface area contributed by atoms with Gasteiger partial charge in [0.25, 0.3) is 5.56 Å². The van der Waals surface area contributed by atoms with Crippen LogP contribution < -0.4 is 26.7 Å². The molecular formula is C31H30N6O3S. The predicted octanol–water partition coefficient (Wildman–Crippen LogP) is 5.09. The van der Waals surface area contributed by atoms with Crippen molar-refractivity contribution >= 4 is 38.8 Å². The zero-order valence-corrected chi connectivity index (χ0v) is 23.6. The van der Waals surface area contributed by atoms with Crippen LogP contribution >= 0.6 is 11.3 Å². The summed E-state index contributed by atoms with van der Waals surface area (Å²) in [5.41, 5.74) is 10.2. The summed E-state index contributed by atoms with van der Waals surface area (Å²) in [6.45, 7) is 4.89. The van der Waals surface area contributed by atoms with Gasteiger partial charge in [0.2, 0.25) is 11.8 Å². The topological polar surface area (TPSA) is 124 Å². The molecule has 0 aliphatic carbocycles. The molecule has 0 saturated carbocycles. The molecule has 9 nitrogen and oxygen atoms in total. The highest BCUT2D eigenvalue weighted by Gasteiger charge is 2.25. The number of hydrogen-bond acceptors (Lipinski definition) is 8. The molecule has 1 atom stereocenters. The molecule has 6 rings (SSSR count). The van der Waals surface area contributed by atoms with E-state index in [1.54, 1.807) is 6.20 Å². The van der Waals surface area contributed by atoms with Crippen LogP contribution in [0.3, 0.4) is 0 Å². The van der Waals surface area contributed by atoms with Gasteiger partial charge in [-0.25, -0.2) is 9.97 Å². The van der Waals surface area contributed by atoms with Gasteiger partial charge in [0.15, 0.2) is 5.69 Å². The first-order chi connectivity index (χ1) is 19.8. The Morgan fingerprint density at radius 2 is 1.85 bits per heavy atom. The Kier molecular flexibility index (Phi) is 7.15. The number of benzene rings is 2. The number of anilines is 2. The number of nitrogens with two attached hydrogens (primary N) is 1. The van der Waals surface area contributed by atoms with Crippen LogP contribution in [0.4, 0.5) is 11.5 Å². The second kappa shape index (κ2) is 11.1. The fraction of sp³-hybridized carbons (Fsp3) is 0.226.